The van der Waals surface area contributed by atoms with E-state index in [1.54, 1.807) is 0 Å². The van der Waals surface area contributed by atoms with Crippen LogP contribution in [0.2, 0.25) is 0 Å². The van der Waals surface area contributed by atoms with Crippen molar-refractivity contribution in [3.05, 3.63) is 188 Å². The molecule has 0 bridgehead atoms. The number of nitrogens with zero attached hydrogens (tertiary/aromatic N) is 1. The number of hydrogen-bond acceptors (Lipinski definition) is 1. The number of thiophene rings is 1. The molecule has 0 N–H and O–H groups in total. The summed E-state index contributed by atoms with van der Waals surface area (Å²) in [6.45, 7) is 0. The van der Waals surface area contributed by atoms with Gasteiger partial charge in [-0.1, -0.05) is 140 Å². The van der Waals surface area contributed by atoms with Crippen LogP contribution in [-0.4, -0.2) is 4.57 Å². The highest BCUT2D eigenvalue weighted by Crippen LogP contribution is 2.45. The molecule has 250 valence electrons. The van der Waals surface area contributed by atoms with Crippen LogP contribution in [0.4, 0.5) is 0 Å². The van der Waals surface area contributed by atoms with E-state index >= 15 is 0 Å². The summed E-state index contributed by atoms with van der Waals surface area (Å²) in [7, 11) is 0. The van der Waals surface area contributed by atoms with Gasteiger partial charge >= 0.3 is 0 Å². The number of aromatic nitrogens is 1. The Bertz CT molecular complexity index is 3490. The third-order valence-corrected chi connectivity index (χ3v) is 12.7. The second-order valence-corrected chi connectivity index (χ2v) is 15.5. The van der Waals surface area contributed by atoms with E-state index in [4.69, 9.17) is 0 Å². The van der Waals surface area contributed by atoms with Gasteiger partial charge in [0.25, 0.3) is 0 Å². The number of rotatable bonds is 3. The molecule has 0 aliphatic rings. The number of benzene rings is 10. The summed E-state index contributed by atoms with van der Waals surface area (Å²) < 4.78 is 5.11. The van der Waals surface area contributed by atoms with Gasteiger partial charge in [0, 0.05) is 42.0 Å². The van der Waals surface area contributed by atoms with Gasteiger partial charge in [-0.15, -0.1) is 11.3 Å². The second kappa shape index (κ2) is 11.4. The zero-order valence-corrected chi connectivity index (χ0v) is 30.1. The highest BCUT2D eigenvalue weighted by atomic mass is 32.1. The highest BCUT2D eigenvalue weighted by Gasteiger charge is 2.19. The van der Waals surface area contributed by atoms with Crippen LogP contribution in [0.15, 0.2) is 188 Å². The summed E-state index contributed by atoms with van der Waals surface area (Å²) in [5, 5.41) is 15.4. The van der Waals surface area contributed by atoms with Crippen molar-refractivity contribution >= 4 is 96.4 Å². The van der Waals surface area contributed by atoms with Gasteiger partial charge in [-0.05, 0) is 108 Å². The molecule has 2 heterocycles. The topological polar surface area (TPSA) is 4.93 Å². The van der Waals surface area contributed by atoms with Crippen molar-refractivity contribution in [2.45, 2.75) is 0 Å². The molecule has 10 aromatic carbocycles. The Morgan fingerprint density at radius 1 is 0.333 bits per heavy atom. The fourth-order valence-corrected chi connectivity index (χ4v) is 10.2. The lowest BCUT2D eigenvalue weighted by Gasteiger charge is -2.15. The minimum Gasteiger partial charge on any atom is -0.309 e. The van der Waals surface area contributed by atoms with Gasteiger partial charge in [0.05, 0.1) is 11.0 Å². The van der Waals surface area contributed by atoms with Crippen LogP contribution in [0.3, 0.4) is 0 Å². The molecular weight excluding hydrogens is 671 g/mol. The van der Waals surface area contributed by atoms with Crippen LogP contribution in [0.25, 0.3) is 113 Å². The van der Waals surface area contributed by atoms with Gasteiger partial charge in [0.1, 0.15) is 0 Å². The molecule has 0 spiro atoms. The van der Waals surface area contributed by atoms with E-state index in [2.05, 4.69) is 193 Å². The van der Waals surface area contributed by atoms with Crippen LogP contribution in [0.5, 0.6) is 0 Å². The molecule has 0 amide bonds. The minimum atomic E-state index is 1.18. The Hall–Kier alpha value is -6.74. The van der Waals surface area contributed by atoms with Gasteiger partial charge < -0.3 is 4.57 Å². The summed E-state index contributed by atoms with van der Waals surface area (Å²) in [6, 6.07) is 69.7. The first-order chi connectivity index (χ1) is 26.8. The third kappa shape index (κ3) is 4.26. The maximum Gasteiger partial charge on any atom is 0.0625 e. The molecule has 0 radical (unpaired) electrons. The number of para-hydroxylation sites is 2. The Labute approximate surface area is 315 Å². The molecule has 0 unspecified atom stereocenters. The molecule has 54 heavy (non-hydrogen) atoms. The SMILES string of the molecule is c1ccc(-n2c3ccccc3c3ccc4c5ccccc5c5cc(-c6ccc7sc8ccc(-c9cccc%10ccccc9%10)cc8c7c6)ccc5c4c32)cc1. The molecule has 0 atom stereocenters. The zero-order chi connectivity index (χ0) is 35.3. The number of hydrogen-bond donors (Lipinski definition) is 0. The predicted octanol–water partition coefficient (Wildman–Crippen LogP) is 15.1. The molecule has 2 heteroatoms. The molecular formula is C52H31NS. The van der Waals surface area contributed by atoms with E-state index < -0.39 is 0 Å². The average molecular weight is 702 g/mol. The smallest absolute Gasteiger partial charge is 0.0625 e. The molecule has 12 aromatic rings. The first-order valence-electron chi connectivity index (χ1n) is 18.6. The summed E-state index contributed by atoms with van der Waals surface area (Å²) in [5.41, 5.74) is 8.66. The fourth-order valence-electron chi connectivity index (χ4n) is 9.12. The molecule has 1 nitrogen and oxygen atoms in total. The largest absolute Gasteiger partial charge is 0.309 e. The van der Waals surface area contributed by atoms with Crippen LogP contribution < -0.4 is 0 Å². The maximum absolute atomic E-state index is 2.47. The minimum absolute atomic E-state index is 1.18. The van der Waals surface area contributed by atoms with Gasteiger partial charge in [-0.2, -0.15) is 0 Å². The van der Waals surface area contributed by atoms with E-state index in [-0.39, 0.29) is 0 Å². The predicted molar refractivity (Wildman–Crippen MR) is 235 cm³/mol. The van der Waals surface area contributed by atoms with Crippen molar-refractivity contribution in [2.24, 2.45) is 0 Å². The van der Waals surface area contributed by atoms with E-state index in [1.165, 1.54) is 113 Å². The quantitative estimate of drug-likeness (QED) is 0.162. The normalized spacial score (nSPS) is 12.1. The van der Waals surface area contributed by atoms with Crippen LogP contribution in [-0.2, 0) is 0 Å². The molecule has 0 saturated carbocycles. The van der Waals surface area contributed by atoms with E-state index in [0.717, 1.165) is 0 Å². The summed E-state index contributed by atoms with van der Waals surface area (Å²) in [6.07, 6.45) is 0. The third-order valence-electron chi connectivity index (χ3n) is 11.6. The molecule has 12 rings (SSSR count). The summed E-state index contributed by atoms with van der Waals surface area (Å²) >= 11 is 1.88. The Balaban J connectivity index is 1.11. The van der Waals surface area contributed by atoms with Gasteiger partial charge in [0.2, 0.25) is 0 Å². The maximum atomic E-state index is 2.47. The standard InChI is InChI=1S/C52H31NS/c1-2-13-36(14-3-1)53-48-20-9-8-18-41(48)44-26-25-42-39-16-6-7-17-40(39)45-29-33(21-24-43(45)51(42)52(44)53)34-22-27-49-46(30-34)47-31-35(23-28-50(47)54-49)38-19-10-12-32-11-4-5-15-37(32)38/h1-31H. The molecule has 0 aliphatic heterocycles. The van der Waals surface area contributed by atoms with Gasteiger partial charge in [-0.3, -0.25) is 0 Å². The van der Waals surface area contributed by atoms with E-state index in [0.29, 0.717) is 0 Å². The van der Waals surface area contributed by atoms with Crippen LogP contribution in [0.1, 0.15) is 0 Å². The Kier molecular flexibility index (Phi) is 6.28. The van der Waals surface area contributed by atoms with Crippen molar-refractivity contribution < 1.29 is 0 Å². The first kappa shape index (κ1) is 29.8. The lowest BCUT2D eigenvalue weighted by atomic mass is 9.90. The summed E-state index contributed by atoms with van der Waals surface area (Å²) in [5.74, 6) is 0. The molecule has 0 fully saturated rings. The Morgan fingerprint density at radius 2 is 0.889 bits per heavy atom. The second-order valence-electron chi connectivity index (χ2n) is 14.4. The molecule has 0 aliphatic carbocycles. The van der Waals surface area contributed by atoms with Crippen LogP contribution in [0, 0.1) is 0 Å². The fraction of sp³-hybridized carbons (Fsp3) is 0. The lowest BCUT2D eigenvalue weighted by molar-refractivity contribution is 1.19. The van der Waals surface area contributed by atoms with Crippen LogP contribution >= 0.6 is 11.3 Å². The Morgan fingerprint density at radius 3 is 1.70 bits per heavy atom. The van der Waals surface area contributed by atoms with Crippen molar-refractivity contribution in [2.75, 3.05) is 0 Å². The molecule has 2 aromatic heterocycles. The van der Waals surface area contributed by atoms with Crippen molar-refractivity contribution in [1.82, 2.24) is 4.57 Å². The van der Waals surface area contributed by atoms with Gasteiger partial charge in [0.15, 0.2) is 0 Å². The van der Waals surface area contributed by atoms with Gasteiger partial charge in [-0.25, -0.2) is 0 Å². The van der Waals surface area contributed by atoms with E-state index in [1.807, 2.05) is 11.3 Å². The molecule has 0 saturated heterocycles. The highest BCUT2D eigenvalue weighted by molar-refractivity contribution is 7.25. The zero-order valence-electron chi connectivity index (χ0n) is 29.3. The lowest BCUT2D eigenvalue weighted by Crippen LogP contribution is -1.95. The summed E-state index contributed by atoms with van der Waals surface area (Å²) in [4.78, 5) is 0. The number of fused-ring (bicyclic) bond motifs is 14. The first-order valence-corrected chi connectivity index (χ1v) is 19.4. The van der Waals surface area contributed by atoms with Crippen molar-refractivity contribution in [3.63, 3.8) is 0 Å². The van der Waals surface area contributed by atoms with E-state index in [9.17, 15) is 0 Å². The van der Waals surface area contributed by atoms with Crippen molar-refractivity contribution in [3.8, 4) is 27.9 Å². The average Bonchev–Trinajstić information content (AvgIpc) is 3.78. The van der Waals surface area contributed by atoms with Crippen molar-refractivity contribution in [1.29, 1.82) is 0 Å². The monoisotopic (exact) mass is 701 g/mol.